The van der Waals surface area contributed by atoms with Gasteiger partial charge in [0, 0.05) is 39.3 Å². The van der Waals surface area contributed by atoms with Crippen LogP contribution in [0.1, 0.15) is 36.6 Å². The quantitative estimate of drug-likeness (QED) is 0.434. The number of benzene rings is 2. The number of nitrogens with two attached hydrogens (primary N) is 1. The lowest BCUT2D eigenvalue weighted by Crippen LogP contribution is -2.38. The first kappa shape index (κ1) is 22.8. The summed E-state index contributed by atoms with van der Waals surface area (Å²) in [6, 6.07) is 4.30. The summed E-state index contributed by atoms with van der Waals surface area (Å²) in [7, 11) is 0. The minimum atomic E-state index is -0.920. The standard InChI is InChI=1S/C20H18Cl4N2O4/c1-2-30-20(29)16-14(25)7-15(10-3-8(21)5-12(23)18(10)27)26-17(16)11-4-9(22)6-13(24)19(11)28/h3-6,15,17,26-28H,2,7,25H2,1H3. The molecule has 2 unspecified atom stereocenters. The van der Waals surface area contributed by atoms with Crippen LogP contribution in [-0.4, -0.2) is 22.8 Å². The average Bonchev–Trinajstić information content (AvgIpc) is 2.66. The van der Waals surface area contributed by atoms with E-state index in [0.717, 1.165) is 0 Å². The Morgan fingerprint density at radius 1 is 1.07 bits per heavy atom. The second kappa shape index (κ2) is 9.12. The normalized spacial score (nSPS) is 19.1. The van der Waals surface area contributed by atoms with Crippen molar-refractivity contribution in [2.75, 3.05) is 6.61 Å². The summed E-state index contributed by atoms with van der Waals surface area (Å²) >= 11 is 24.4. The minimum absolute atomic E-state index is 0.0110. The van der Waals surface area contributed by atoms with E-state index in [1.54, 1.807) is 13.0 Å². The molecule has 3 rings (SSSR count). The van der Waals surface area contributed by atoms with E-state index in [1.807, 2.05) is 0 Å². The molecule has 0 aromatic heterocycles. The second-order valence-corrected chi connectivity index (χ2v) is 8.35. The molecule has 160 valence electrons. The molecule has 10 heteroatoms. The molecule has 2 atom stereocenters. The molecule has 0 bridgehead atoms. The Balaban J connectivity index is 2.17. The Hall–Kier alpha value is -1.83. The zero-order valence-electron chi connectivity index (χ0n) is 15.7. The molecule has 1 heterocycles. The molecule has 0 amide bonds. The fraction of sp³-hybridized carbons (Fsp3) is 0.250. The minimum Gasteiger partial charge on any atom is -0.506 e. The van der Waals surface area contributed by atoms with Crippen molar-refractivity contribution in [1.29, 1.82) is 0 Å². The van der Waals surface area contributed by atoms with E-state index in [9.17, 15) is 15.0 Å². The summed E-state index contributed by atoms with van der Waals surface area (Å²) < 4.78 is 5.15. The van der Waals surface area contributed by atoms with Crippen molar-refractivity contribution in [3.8, 4) is 11.5 Å². The highest BCUT2D eigenvalue weighted by atomic mass is 35.5. The number of nitrogens with one attached hydrogen (secondary N) is 1. The Labute approximate surface area is 193 Å². The number of phenolic OH excluding ortho intramolecular Hbond substituents is 2. The molecular weight excluding hydrogens is 474 g/mol. The number of esters is 1. The van der Waals surface area contributed by atoms with Gasteiger partial charge in [0.05, 0.1) is 28.3 Å². The Morgan fingerprint density at radius 2 is 1.60 bits per heavy atom. The van der Waals surface area contributed by atoms with Gasteiger partial charge in [0.1, 0.15) is 11.5 Å². The van der Waals surface area contributed by atoms with Gasteiger partial charge in [0.2, 0.25) is 0 Å². The lowest BCUT2D eigenvalue weighted by atomic mass is 9.87. The van der Waals surface area contributed by atoms with E-state index in [1.165, 1.54) is 18.2 Å². The number of carbonyl (C=O) groups excluding carboxylic acids is 1. The number of hydrogen-bond acceptors (Lipinski definition) is 6. The zero-order valence-corrected chi connectivity index (χ0v) is 18.7. The average molecular weight is 492 g/mol. The van der Waals surface area contributed by atoms with Crippen LogP contribution in [0.25, 0.3) is 0 Å². The topological polar surface area (TPSA) is 105 Å². The zero-order chi connectivity index (χ0) is 22.2. The lowest BCUT2D eigenvalue weighted by Gasteiger charge is -2.34. The monoisotopic (exact) mass is 490 g/mol. The number of carbonyl (C=O) groups is 1. The highest BCUT2D eigenvalue weighted by Gasteiger charge is 2.37. The molecule has 6 nitrogen and oxygen atoms in total. The van der Waals surface area contributed by atoms with Gasteiger partial charge in [-0.15, -0.1) is 0 Å². The van der Waals surface area contributed by atoms with Gasteiger partial charge in [-0.1, -0.05) is 46.4 Å². The highest BCUT2D eigenvalue weighted by molar-refractivity contribution is 6.36. The molecule has 0 saturated carbocycles. The Kier molecular flexibility index (Phi) is 6.95. The van der Waals surface area contributed by atoms with E-state index < -0.39 is 18.1 Å². The fourth-order valence-electron chi connectivity index (χ4n) is 3.42. The Bertz CT molecular complexity index is 1040. The van der Waals surface area contributed by atoms with Crippen LogP contribution in [-0.2, 0) is 9.53 Å². The SMILES string of the molecule is CCOC(=O)C1=C(N)CC(c2cc(Cl)cc(Cl)c2O)NC1c1cc(Cl)cc(Cl)c1O. The van der Waals surface area contributed by atoms with E-state index in [-0.39, 0.29) is 56.4 Å². The van der Waals surface area contributed by atoms with Crippen molar-refractivity contribution in [2.45, 2.75) is 25.4 Å². The van der Waals surface area contributed by atoms with Gasteiger partial charge in [0.15, 0.2) is 0 Å². The maximum atomic E-state index is 12.7. The summed E-state index contributed by atoms with van der Waals surface area (Å²) in [4.78, 5) is 12.7. The van der Waals surface area contributed by atoms with Crippen LogP contribution in [0.4, 0.5) is 0 Å². The van der Waals surface area contributed by atoms with Crippen molar-refractivity contribution in [3.05, 3.63) is 66.8 Å². The van der Waals surface area contributed by atoms with E-state index >= 15 is 0 Å². The molecule has 5 N–H and O–H groups in total. The Morgan fingerprint density at radius 3 is 2.17 bits per heavy atom. The molecule has 0 aliphatic carbocycles. The maximum absolute atomic E-state index is 12.7. The van der Waals surface area contributed by atoms with Crippen LogP contribution >= 0.6 is 46.4 Å². The molecule has 1 aliphatic rings. The smallest absolute Gasteiger partial charge is 0.337 e. The van der Waals surface area contributed by atoms with Gasteiger partial charge in [0.25, 0.3) is 0 Å². The van der Waals surface area contributed by atoms with E-state index in [4.69, 9.17) is 56.9 Å². The van der Waals surface area contributed by atoms with Crippen molar-refractivity contribution in [1.82, 2.24) is 5.32 Å². The third kappa shape index (κ3) is 4.43. The number of hydrogen-bond donors (Lipinski definition) is 4. The summed E-state index contributed by atoms with van der Waals surface area (Å²) in [5, 5.41) is 24.9. The third-order valence-corrected chi connectivity index (χ3v) is 5.74. The first-order valence-corrected chi connectivity index (χ1v) is 10.4. The van der Waals surface area contributed by atoms with E-state index in [2.05, 4.69) is 5.32 Å². The first-order valence-electron chi connectivity index (χ1n) is 8.91. The van der Waals surface area contributed by atoms with Gasteiger partial charge in [-0.25, -0.2) is 4.79 Å². The van der Waals surface area contributed by atoms with Crippen LogP contribution in [0.5, 0.6) is 11.5 Å². The molecule has 0 radical (unpaired) electrons. The molecule has 1 aliphatic heterocycles. The summed E-state index contributed by atoms with van der Waals surface area (Å²) in [6.45, 7) is 1.81. The van der Waals surface area contributed by atoms with Gasteiger partial charge in [-0.2, -0.15) is 0 Å². The molecule has 2 aromatic rings. The number of aromatic hydroxyl groups is 2. The molecule has 0 fully saturated rings. The lowest BCUT2D eigenvalue weighted by molar-refractivity contribution is -0.139. The summed E-state index contributed by atoms with van der Waals surface area (Å²) in [5.41, 5.74) is 7.21. The van der Waals surface area contributed by atoms with Gasteiger partial charge in [-0.3, -0.25) is 5.32 Å². The summed E-state index contributed by atoms with van der Waals surface area (Å²) in [6.07, 6.45) is 0.157. The highest BCUT2D eigenvalue weighted by Crippen LogP contribution is 2.45. The molecule has 30 heavy (non-hydrogen) atoms. The predicted octanol–water partition coefficient (Wildman–Crippen LogP) is 5.26. The third-order valence-electron chi connectivity index (χ3n) is 4.72. The van der Waals surface area contributed by atoms with Crippen molar-refractivity contribution in [3.63, 3.8) is 0 Å². The number of ether oxygens (including phenoxy) is 1. The number of phenols is 2. The number of rotatable bonds is 4. The first-order chi connectivity index (χ1) is 14.1. The maximum Gasteiger partial charge on any atom is 0.337 e. The van der Waals surface area contributed by atoms with Gasteiger partial charge < -0.3 is 20.7 Å². The van der Waals surface area contributed by atoms with Crippen molar-refractivity contribution < 1.29 is 19.7 Å². The molecule has 2 aromatic carbocycles. The molecule has 0 saturated heterocycles. The van der Waals surface area contributed by atoms with Crippen molar-refractivity contribution in [2.24, 2.45) is 5.73 Å². The number of halogens is 4. The van der Waals surface area contributed by atoms with Crippen LogP contribution < -0.4 is 11.1 Å². The van der Waals surface area contributed by atoms with Crippen molar-refractivity contribution >= 4 is 52.4 Å². The fourth-order valence-corrected chi connectivity index (χ4v) is 4.44. The van der Waals surface area contributed by atoms with Crippen LogP contribution in [0, 0.1) is 0 Å². The second-order valence-electron chi connectivity index (χ2n) is 6.67. The molecular formula is C20H18Cl4N2O4. The largest absolute Gasteiger partial charge is 0.506 e. The van der Waals surface area contributed by atoms with Gasteiger partial charge in [-0.05, 0) is 31.2 Å². The van der Waals surface area contributed by atoms with Gasteiger partial charge >= 0.3 is 5.97 Å². The summed E-state index contributed by atoms with van der Waals surface area (Å²) in [5.74, 6) is -1.07. The molecule has 0 spiro atoms. The van der Waals surface area contributed by atoms with E-state index in [0.29, 0.717) is 10.6 Å². The van der Waals surface area contributed by atoms with Crippen LogP contribution in [0.3, 0.4) is 0 Å². The van der Waals surface area contributed by atoms with Crippen LogP contribution in [0.2, 0.25) is 20.1 Å². The van der Waals surface area contributed by atoms with Crippen LogP contribution in [0.15, 0.2) is 35.5 Å². The predicted molar refractivity (Wildman–Crippen MR) is 117 cm³/mol.